The van der Waals surface area contributed by atoms with E-state index in [0.717, 1.165) is 5.56 Å². The van der Waals surface area contributed by atoms with Gasteiger partial charge in [0.1, 0.15) is 0 Å². The molecular weight excluding hydrogens is 543 g/mol. The lowest BCUT2D eigenvalue weighted by molar-refractivity contribution is -0.276. The van der Waals surface area contributed by atoms with Crippen molar-refractivity contribution in [1.29, 1.82) is 0 Å². The summed E-state index contributed by atoms with van der Waals surface area (Å²) in [6.07, 6.45) is -17.4. The second kappa shape index (κ2) is 9.93. The number of hydrogen-bond acceptors (Lipinski definition) is 3. The molecule has 1 atom stereocenters. The molecule has 13 heteroatoms. The fourth-order valence-corrected chi connectivity index (χ4v) is 3.94. The Balaban J connectivity index is 1.61. The van der Waals surface area contributed by atoms with Crippen LogP contribution in [0.2, 0.25) is 0 Å². The van der Waals surface area contributed by atoms with Crippen LogP contribution in [0.1, 0.15) is 44.6 Å². The summed E-state index contributed by atoms with van der Waals surface area (Å²) >= 11 is 0. The highest BCUT2D eigenvalue weighted by atomic mass is 19.4. The fraction of sp³-hybridized carbons (Fsp3) is 0.231. The largest absolute Gasteiger partial charge is 0.435 e. The van der Waals surface area contributed by atoms with Gasteiger partial charge in [-0.3, -0.25) is 4.79 Å². The Morgan fingerprint density at radius 3 is 1.90 bits per heavy atom. The number of oxime groups is 1. The van der Waals surface area contributed by atoms with Crippen molar-refractivity contribution in [2.24, 2.45) is 5.16 Å². The highest BCUT2D eigenvalue weighted by molar-refractivity contribution is 6.03. The third-order valence-electron chi connectivity index (χ3n) is 6.02. The van der Waals surface area contributed by atoms with Crippen LogP contribution in [0.25, 0.3) is 0 Å². The lowest BCUT2D eigenvalue weighted by atomic mass is 9.84. The van der Waals surface area contributed by atoms with Crippen molar-refractivity contribution in [2.45, 2.75) is 37.1 Å². The Bertz CT molecular complexity index is 1350. The van der Waals surface area contributed by atoms with Crippen LogP contribution in [0.15, 0.2) is 78.0 Å². The van der Waals surface area contributed by atoms with E-state index in [9.17, 15) is 44.3 Å². The van der Waals surface area contributed by atoms with Crippen molar-refractivity contribution in [3.63, 3.8) is 0 Å². The average Bonchev–Trinajstić information content (AvgIpc) is 3.34. The Labute approximate surface area is 215 Å². The minimum atomic E-state index is -5.44. The molecule has 1 amide bonds. The Kier molecular flexibility index (Phi) is 7.13. The molecule has 0 aromatic heterocycles. The van der Waals surface area contributed by atoms with Crippen LogP contribution in [0, 0.1) is 0 Å². The molecule has 0 saturated carbocycles. The molecule has 0 radical (unpaired) electrons. The number of hydrogen-bond donors (Lipinski definition) is 1. The molecule has 1 heterocycles. The van der Waals surface area contributed by atoms with Crippen LogP contribution in [-0.2, 0) is 29.3 Å². The van der Waals surface area contributed by atoms with Crippen LogP contribution in [-0.4, -0.2) is 17.8 Å². The van der Waals surface area contributed by atoms with Crippen LogP contribution >= 0.6 is 0 Å². The zero-order chi connectivity index (χ0) is 28.6. The molecule has 4 rings (SSSR count). The van der Waals surface area contributed by atoms with E-state index in [1.54, 1.807) is 30.3 Å². The highest BCUT2D eigenvalue weighted by Crippen LogP contribution is 2.50. The molecule has 206 valence electrons. The van der Waals surface area contributed by atoms with Gasteiger partial charge in [-0.15, -0.1) is 0 Å². The van der Waals surface area contributed by atoms with Crippen LogP contribution < -0.4 is 5.32 Å². The van der Waals surface area contributed by atoms with E-state index in [4.69, 9.17) is 0 Å². The van der Waals surface area contributed by atoms with Crippen LogP contribution in [0.5, 0.6) is 0 Å². The Morgan fingerprint density at radius 2 is 1.38 bits per heavy atom. The number of alkyl halides is 9. The third kappa shape index (κ3) is 5.86. The first-order valence-electron chi connectivity index (χ1n) is 11.1. The van der Waals surface area contributed by atoms with Gasteiger partial charge in [0.25, 0.3) is 11.5 Å². The topological polar surface area (TPSA) is 50.7 Å². The number of nitrogens with zero attached hydrogens (tertiary/aromatic N) is 1. The molecule has 1 aliphatic rings. The third-order valence-corrected chi connectivity index (χ3v) is 6.02. The number of halogens is 9. The smallest absolute Gasteiger partial charge is 0.374 e. The molecule has 1 aliphatic heterocycles. The maximum atomic E-state index is 14.2. The van der Waals surface area contributed by atoms with Gasteiger partial charge in [-0.2, -0.15) is 39.5 Å². The minimum Gasteiger partial charge on any atom is -0.374 e. The predicted octanol–water partition coefficient (Wildman–Crippen LogP) is 7.24. The van der Waals surface area contributed by atoms with E-state index in [0.29, 0.717) is 0 Å². The summed E-state index contributed by atoms with van der Waals surface area (Å²) in [6.45, 7) is 0.215. The van der Waals surface area contributed by atoms with E-state index in [1.165, 1.54) is 24.3 Å². The molecule has 0 spiro atoms. The Morgan fingerprint density at radius 1 is 0.821 bits per heavy atom. The number of carbonyl (C=O) groups excluding carboxylic acids is 1. The fourth-order valence-electron chi connectivity index (χ4n) is 3.94. The maximum Gasteiger partial charge on any atom is 0.435 e. The van der Waals surface area contributed by atoms with E-state index in [-0.39, 0.29) is 41.6 Å². The standard InChI is InChI=1S/C26H17F9N2O2/c27-24(28,29)19-10-18(11-20(12-19)25(30,31)32)23(26(33,34)35)13-21(37-39-23)16-6-8-17(9-7-16)22(38)36-14-15-4-2-1-3-5-15/h1-12H,13-14H2,(H,36,38). The summed E-state index contributed by atoms with van der Waals surface area (Å²) < 4.78 is 122. The van der Waals surface area contributed by atoms with Crippen molar-refractivity contribution >= 4 is 11.6 Å². The molecule has 1 unspecified atom stereocenters. The summed E-state index contributed by atoms with van der Waals surface area (Å²) in [5.74, 6) is -0.483. The van der Waals surface area contributed by atoms with Crippen LogP contribution in [0.4, 0.5) is 39.5 Å². The van der Waals surface area contributed by atoms with Gasteiger partial charge < -0.3 is 10.2 Å². The zero-order valence-electron chi connectivity index (χ0n) is 19.5. The van der Waals surface area contributed by atoms with E-state index < -0.39 is 53.1 Å². The first-order chi connectivity index (χ1) is 18.1. The van der Waals surface area contributed by atoms with Crippen molar-refractivity contribution in [3.05, 3.63) is 106 Å². The Hall–Kier alpha value is -4.03. The van der Waals surface area contributed by atoms with Crippen molar-refractivity contribution in [1.82, 2.24) is 5.32 Å². The SMILES string of the molecule is O=C(NCc1ccccc1)c1ccc(C2=NOC(c3cc(C(F)(F)F)cc(C(F)(F)F)c3)(C(F)(F)F)C2)cc1. The van der Waals surface area contributed by atoms with E-state index >= 15 is 0 Å². The maximum absolute atomic E-state index is 14.2. The van der Waals surface area contributed by atoms with Gasteiger partial charge in [-0.25, -0.2) is 0 Å². The summed E-state index contributed by atoms with van der Waals surface area (Å²) in [5, 5.41) is 6.04. The molecule has 0 fully saturated rings. The number of amides is 1. The zero-order valence-corrected chi connectivity index (χ0v) is 19.5. The molecule has 0 aliphatic carbocycles. The van der Waals surface area contributed by atoms with Gasteiger partial charge in [0.15, 0.2) is 0 Å². The van der Waals surface area contributed by atoms with Gasteiger partial charge in [0.2, 0.25) is 0 Å². The minimum absolute atomic E-state index is 0.0264. The molecule has 3 aromatic rings. The van der Waals surface area contributed by atoms with E-state index in [1.807, 2.05) is 0 Å². The number of carbonyl (C=O) groups is 1. The first-order valence-corrected chi connectivity index (χ1v) is 11.1. The second-order valence-corrected chi connectivity index (χ2v) is 8.67. The molecular formula is C26H17F9N2O2. The molecule has 0 saturated heterocycles. The second-order valence-electron chi connectivity index (χ2n) is 8.67. The molecule has 3 aromatic carbocycles. The summed E-state index contributed by atoms with van der Waals surface area (Å²) in [5.41, 5.74) is -8.20. The summed E-state index contributed by atoms with van der Waals surface area (Å²) in [4.78, 5) is 17.0. The average molecular weight is 560 g/mol. The molecule has 0 bridgehead atoms. The lowest BCUT2D eigenvalue weighted by Crippen LogP contribution is -2.43. The predicted molar refractivity (Wildman–Crippen MR) is 120 cm³/mol. The van der Waals surface area contributed by atoms with Crippen molar-refractivity contribution < 1.29 is 49.1 Å². The van der Waals surface area contributed by atoms with Crippen LogP contribution in [0.3, 0.4) is 0 Å². The molecule has 39 heavy (non-hydrogen) atoms. The quantitative estimate of drug-likeness (QED) is 0.335. The monoisotopic (exact) mass is 560 g/mol. The summed E-state index contributed by atoms with van der Waals surface area (Å²) in [7, 11) is 0. The lowest BCUT2D eigenvalue weighted by Gasteiger charge is -2.30. The highest BCUT2D eigenvalue weighted by Gasteiger charge is 2.63. The van der Waals surface area contributed by atoms with Gasteiger partial charge in [-0.05, 0) is 41.5 Å². The summed E-state index contributed by atoms with van der Waals surface area (Å²) in [6, 6.07) is 13.7. The van der Waals surface area contributed by atoms with Gasteiger partial charge in [0, 0.05) is 24.1 Å². The van der Waals surface area contributed by atoms with E-state index in [2.05, 4.69) is 15.3 Å². The normalized spacial score (nSPS) is 17.9. The van der Waals surface area contributed by atoms with Gasteiger partial charge >= 0.3 is 18.5 Å². The molecule has 4 nitrogen and oxygen atoms in total. The molecule has 1 N–H and O–H groups in total. The number of benzene rings is 3. The number of nitrogens with one attached hydrogen (secondary N) is 1. The first kappa shape index (κ1) is 28.0. The van der Waals surface area contributed by atoms with Crippen molar-refractivity contribution in [2.75, 3.05) is 0 Å². The van der Waals surface area contributed by atoms with Crippen molar-refractivity contribution in [3.8, 4) is 0 Å². The van der Waals surface area contributed by atoms with Gasteiger partial charge in [-0.1, -0.05) is 47.6 Å². The number of rotatable bonds is 5. The van der Waals surface area contributed by atoms with Gasteiger partial charge in [0.05, 0.1) is 16.8 Å².